The number of hydrogen-bond acceptors (Lipinski definition) is 4. The Labute approximate surface area is 152 Å². The zero-order valence-corrected chi connectivity index (χ0v) is 13.6. The first-order valence-electron chi connectivity index (χ1n) is 12.2. The molecule has 0 radical (unpaired) electrons. The normalized spacial score (nSPS) is 42.3. The number of benzene rings is 1. The van der Waals surface area contributed by atoms with Crippen LogP contribution < -0.4 is 9.47 Å². The summed E-state index contributed by atoms with van der Waals surface area (Å²) in [7, 11) is 2.97. The Morgan fingerprint density at radius 3 is 2.96 bits per heavy atom. The van der Waals surface area contributed by atoms with Gasteiger partial charge in [0.25, 0.3) is 0 Å². The first-order chi connectivity index (χ1) is 14.5. The highest BCUT2D eigenvalue weighted by Crippen LogP contribution is 2.43. The van der Waals surface area contributed by atoms with Crippen LogP contribution in [0.5, 0.6) is 11.5 Å². The number of methoxy groups -OCH3 is 2. The van der Waals surface area contributed by atoms with Crippen molar-refractivity contribution in [3.63, 3.8) is 0 Å². The maximum absolute atomic E-state index is 11.0. The maximum Gasteiger partial charge on any atom is 0.161 e. The molecule has 2 aliphatic heterocycles. The molecule has 0 aromatic heterocycles. The van der Waals surface area contributed by atoms with Crippen molar-refractivity contribution >= 4 is 0 Å². The molecule has 4 atom stereocenters. The van der Waals surface area contributed by atoms with Crippen molar-refractivity contribution in [3.05, 3.63) is 23.3 Å². The van der Waals surface area contributed by atoms with E-state index in [9.17, 15) is 5.11 Å². The molecule has 4 nitrogen and oxygen atoms in total. The van der Waals surface area contributed by atoms with Gasteiger partial charge in [0.05, 0.1) is 20.3 Å². The highest BCUT2D eigenvalue weighted by Gasteiger charge is 2.38. The maximum atomic E-state index is 11.0. The predicted molar refractivity (Wildman–Crippen MR) is 91.1 cm³/mol. The summed E-state index contributed by atoms with van der Waals surface area (Å²) in [6, 6.07) is 2.78. The van der Waals surface area contributed by atoms with Crippen LogP contribution in [0.15, 0.2) is 12.1 Å². The van der Waals surface area contributed by atoms with Crippen LogP contribution in [0.1, 0.15) is 56.1 Å². The van der Waals surface area contributed by atoms with Crippen molar-refractivity contribution in [2.45, 2.75) is 45.1 Å². The second kappa shape index (κ2) is 6.70. The fraction of sp³-hybridized carbons (Fsp3) is 0.684. The summed E-state index contributed by atoms with van der Waals surface area (Å²) < 4.78 is 85.3. The van der Waals surface area contributed by atoms with Crippen LogP contribution in [0.4, 0.5) is 0 Å². The Balaban J connectivity index is 2.13. The third kappa shape index (κ3) is 3.20. The molecule has 0 spiro atoms. The average Bonchev–Trinajstić information content (AvgIpc) is 2.69. The zero-order valence-electron chi connectivity index (χ0n) is 22.6. The number of aliphatic hydroxyl groups excluding tert-OH is 1. The molecule has 1 unspecified atom stereocenters. The largest absolute Gasteiger partial charge is 0.493 e. The summed E-state index contributed by atoms with van der Waals surface area (Å²) in [5.74, 6) is -4.85. The predicted octanol–water partition coefficient (Wildman–Crippen LogP) is 3.03. The second-order valence-electron chi connectivity index (χ2n) is 5.89. The van der Waals surface area contributed by atoms with Gasteiger partial charge in [-0.1, -0.05) is 13.8 Å². The van der Waals surface area contributed by atoms with Crippen molar-refractivity contribution in [2.75, 3.05) is 27.3 Å². The second-order valence-corrected chi connectivity index (χ2v) is 5.89. The molecule has 3 rings (SSSR count). The molecule has 0 amide bonds. The van der Waals surface area contributed by atoms with Crippen LogP contribution in [0, 0.1) is 11.8 Å². The molecule has 1 fully saturated rings. The van der Waals surface area contributed by atoms with Crippen molar-refractivity contribution < 1.29 is 26.9 Å². The molecule has 1 N–H and O–H groups in total. The molecule has 0 saturated carbocycles. The Hall–Kier alpha value is -1.26. The number of aliphatic hydroxyl groups is 1. The van der Waals surface area contributed by atoms with Crippen LogP contribution >= 0.6 is 0 Å². The van der Waals surface area contributed by atoms with Crippen molar-refractivity contribution in [2.24, 2.45) is 11.8 Å². The van der Waals surface area contributed by atoms with Gasteiger partial charge in [0.15, 0.2) is 11.5 Å². The smallest absolute Gasteiger partial charge is 0.161 e. The molecule has 0 aliphatic carbocycles. The van der Waals surface area contributed by atoms with Gasteiger partial charge in [-0.05, 0) is 54.3 Å². The van der Waals surface area contributed by atoms with Crippen molar-refractivity contribution in [1.29, 1.82) is 0 Å². The van der Waals surface area contributed by atoms with E-state index in [1.54, 1.807) is 12.1 Å². The lowest BCUT2D eigenvalue weighted by molar-refractivity contribution is -0.0191. The van der Waals surface area contributed by atoms with E-state index in [0.29, 0.717) is 23.5 Å². The molecule has 1 aromatic rings. The number of rotatable bonds is 4. The van der Waals surface area contributed by atoms with Crippen LogP contribution in [-0.4, -0.2) is 43.4 Å². The van der Waals surface area contributed by atoms with Gasteiger partial charge >= 0.3 is 0 Å². The number of ether oxygens (including phenoxy) is 2. The van der Waals surface area contributed by atoms with Gasteiger partial charge in [0.2, 0.25) is 0 Å². The van der Waals surface area contributed by atoms with Crippen molar-refractivity contribution in [1.82, 2.24) is 4.90 Å². The summed E-state index contributed by atoms with van der Waals surface area (Å²) >= 11 is 0. The topological polar surface area (TPSA) is 41.9 Å². The van der Waals surface area contributed by atoms with Gasteiger partial charge in [0.1, 0.15) is 0 Å². The summed E-state index contributed by atoms with van der Waals surface area (Å²) in [6.45, 7) is -4.98. The Morgan fingerprint density at radius 2 is 2.26 bits per heavy atom. The molecule has 1 aromatic carbocycles. The lowest BCUT2D eigenvalue weighted by atomic mass is 9.79. The summed E-state index contributed by atoms with van der Waals surface area (Å²) in [6.07, 6.45) is -4.93. The number of hydrogen-bond donors (Lipinski definition) is 1. The van der Waals surface area contributed by atoms with Gasteiger partial charge in [0, 0.05) is 31.4 Å². The van der Waals surface area contributed by atoms with Crippen molar-refractivity contribution in [3.8, 4) is 11.5 Å². The van der Waals surface area contributed by atoms with Gasteiger partial charge in [-0.3, -0.25) is 4.90 Å². The van der Waals surface area contributed by atoms with E-state index in [0.717, 1.165) is 12.5 Å². The number of fused-ring (bicyclic) bond motifs is 3. The lowest BCUT2D eigenvalue weighted by Gasteiger charge is -2.46. The third-order valence-corrected chi connectivity index (χ3v) is 4.37. The summed E-state index contributed by atoms with van der Waals surface area (Å²) in [5, 5.41) is 11.0. The Morgan fingerprint density at radius 1 is 1.52 bits per heavy atom. The van der Waals surface area contributed by atoms with E-state index < -0.39 is 43.7 Å². The first kappa shape index (κ1) is 8.72. The minimum Gasteiger partial charge on any atom is -0.493 e. The van der Waals surface area contributed by atoms with E-state index >= 15 is 0 Å². The molecule has 23 heavy (non-hydrogen) atoms. The molecule has 128 valence electrons. The van der Waals surface area contributed by atoms with Crippen LogP contribution in [0.2, 0.25) is 0 Å². The standard InChI is InChI=1S/C19H29NO3/c1-12(2)7-14-11-20-6-5-13-8-18(22-3)19(23-4)9-15(13)16(20)10-17(14)21/h8-9,12,14,16-17,21H,5-7,10-11H2,1-4H3/t14-,16-,17+/m0/s1/i1D3,7D2,11D2,12D,14D/t12?,14-,16-,17+. The van der Waals surface area contributed by atoms with Crippen LogP contribution in [0.3, 0.4) is 0 Å². The van der Waals surface area contributed by atoms with E-state index in [1.807, 2.05) is 0 Å². The summed E-state index contributed by atoms with van der Waals surface area (Å²) in [5.41, 5.74) is 1.53. The molecular weight excluding hydrogens is 290 g/mol. The van der Waals surface area contributed by atoms with Gasteiger partial charge in [-0.2, -0.15) is 0 Å². The SMILES string of the molecule is [2H]C([2H])([2H])C([2H])(C)C([2H])([2H])[C@]1([2H])[C@H](O)C[C@H]2c3cc(OC)c(OC)cc3CCN2C1([2H])[2H]. The van der Waals surface area contributed by atoms with E-state index in [2.05, 4.69) is 0 Å². The highest BCUT2D eigenvalue weighted by molar-refractivity contribution is 5.49. The minimum absolute atomic E-state index is 0.117. The van der Waals surface area contributed by atoms with Crippen LogP contribution in [-0.2, 0) is 6.42 Å². The Kier molecular flexibility index (Phi) is 2.54. The minimum atomic E-state index is -3.23. The van der Waals surface area contributed by atoms with Gasteiger partial charge in [-0.15, -0.1) is 0 Å². The number of piperidine rings is 1. The molecule has 1 saturated heterocycles. The first-order valence-corrected chi connectivity index (χ1v) is 7.68. The quantitative estimate of drug-likeness (QED) is 0.922. The zero-order chi connectivity index (χ0) is 24.5. The fourth-order valence-corrected chi connectivity index (χ4v) is 3.29. The van der Waals surface area contributed by atoms with E-state index in [1.165, 1.54) is 19.1 Å². The average molecular weight is 328 g/mol. The highest BCUT2D eigenvalue weighted by atomic mass is 16.5. The van der Waals surface area contributed by atoms with E-state index in [-0.39, 0.29) is 13.0 Å². The van der Waals surface area contributed by atoms with Crippen LogP contribution in [0.25, 0.3) is 0 Å². The molecule has 0 bridgehead atoms. The molecule has 2 heterocycles. The number of nitrogens with zero attached hydrogens (tertiary/aromatic N) is 1. The molecule has 2 aliphatic rings. The third-order valence-electron chi connectivity index (χ3n) is 4.37. The fourth-order valence-electron chi connectivity index (χ4n) is 3.29. The van der Waals surface area contributed by atoms with E-state index in [4.69, 9.17) is 21.8 Å². The van der Waals surface area contributed by atoms with Gasteiger partial charge in [-0.25, -0.2) is 0 Å². The molecular formula is C19H29NO3. The summed E-state index contributed by atoms with van der Waals surface area (Å²) in [4.78, 5) is 1.30. The monoisotopic (exact) mass is 328 g/mol. The Bertz CT molecular complexity index is 890. The lowest BCUT2D eigenvalue weighted by Crippen LogP contribution is -2.48. The van der Waals surface area contributed by atoms with Gasteiger partial charge < -0.3 is 14.6 Å². The molecule has 4 heteroatoms.